The fraction of sp³-hybridized carbons (Fsp3) is 0.952. The molecule has 0 atom stereocenters. The number of unbranched alkanes of at least 4 members (excludes halogenated alkanes) is 8. The number of carbonyl (C=O) groups excluding carboxylic acids is 1. The van der Waals surface area contributed by atoms with Crippen LogP contribution in [-0.4, -0.2) is 41.2 Å². The Labute approximate surface area is 174 Å². The summed E-state index contributed by atoms with van der Waals surface area (Å²) >= 11 is 0. The molecule has 2 amide bonds. The van der Waals surface area contributed by atoms with Crippen LogP contribution in [0.1, 0.15) is 97.8 Å². The average Bonchev–Trinajstić information content (AvgIpc) is 2.68. The van der Waals surface area contributed by atoms with Crippen LogP contribution in [0.5, 0.6) is 0 Å². The van der Waals surface area contributed by atoms with Crippen LogP contribution in [0.2, 0.25) is 6.04 Å². The third kappa shape index (κ3) is 16.3. The second-order valence-corrected chi connectivity index (χ2v) is 10.2. The number of nitrogens with two attached hydrogens (primary N) is 1. The molecule has 0 aromatic carbocycles. The Hall–Kier alpha value is -0.633. The minimum absolute atomic E-state index is 0.457. The first kappa shape index (κ1) is 27.4. The molecule has 3 N–H and O–H groups in total. The largest absolute Gasteiger partial charge is 0.500 e. The molecule has 168 valence electrons. The lowest BCUT2D eigenvalue weighted by molar-refractivity contribution is 0.0548. The third-order valence-electron chi connectivity index (χ3n) is 4.67. The van der Waals surface area contributed by atoms with Gasteiger partial charge in [0.1, 0.15) is 0 Å². The normalized spacial score (nSPS) is 11.7. The van der Waals surface area contributed by atoms with Gasteiger partial charge in [0.25, 0.3) is 0 Å². The predicted molar refractivity (Wildman–Crippen MR) is 118 cm³/mol. The molecule has 0 saturated heterocycles. The van der Waals surface area contributed by atoms with Gasteiger partial charge in [-0.2, -0.15) is 0 Å². The van der Waals surface area contributed by atoms with Crippen molar-refractivity contribution in [2.45, 2.75) is 104 Å². The van der Waals surface area contributed by atoms with E-state index in [4.69, 9.17) is 19.0 Å². The highest BCUT2D eigenvalue weighted by Crippen LogP contribution is 2.22. The molecule has 0 saturated carbocycles. The van der Waals surface area contributed by atoms with Crippen molar-refractivity contribution in [3.8, 4) is 0 Å². The lowest BCUT2D eigenvalue weighted by Gasteiger charge is -2.30. The SMILES string of the molecule is CCCCCO[Si](CCCCCNC(N)=O)(OCCCCC)OCCCCC. The molecular formula is C21H46N2O4Si. The molecular weight excluding hydrogens is 372 g/mol. The summed E-state index contributed by atoms with van der Waals surface area (Å²) in [5, 5.41) is 2.64. The van der Waals surface area contributed by atoms with E-state index in [1.54, 1.807) is 0 Å². The van der Waals surface area contributed by atoms with E-state index in [0.717, 1.165) is 64.4 Å². The van der Waals surface area contributed by atoms with E-state index in [9.17, 15) is 4.79 Å². The quantitative estimate of drug-likeness (QED) is 0.193. The molecule has 0 aliphatic carbocycles. The minimum atomic E-state index is -2.64. The van der Waals surface area contributed by atoms with Gasteiger partial charge in [0.2, 0.25) is 0 Å². The molecule has 0 spiro atoms. The van der Waals surface area contributed by atoms with Gasteiger partial charge < -0.3 is 24.3 Å². The van der Waals surface area contributed by atoms with Gasteiger partial charge in [-0.1, -0.05) is 65.7 Å². The first-order chi connectivity index (χ1) is 13.6. The monoisotopic (exact) mass is 418 g/mol. The van der Waals surface area contributed by atoms with Gasteiger partial charge in [0, 0.05) is 32.4 Å². The lowest BCUT2D eigenvalue weighted by atomic mass is 10.2. The molecule has 28 heavy (non-hydrogen) atoms. The Bertz CT molecular complexity index is 328. The standard InChI is InChI=1S/C21H46N2O4Si/c1-4-7-12-17-25-28(26-18-13-8-5-2,27-19-14-9-6-3)20-15-10-11-16-23-21(22)24/h4-20H2,1-3H3,(H3,22,23,24). The Balaban J connectivity index is 4.64. The van der Waals surface area contributed by atoms with Gasteiger partial charge in [0.05, 0.1) is 0 Å². The molecule has 0 unspecified atom stereocenters. The number of hydrogen-bond acceptors (Lipinski definition) is 4. The van der Waals surface area contributed by atoms with E-state index in [2.05, 4.69) is 26.1 Å². The van der Waals surface area contributed by atoms with E-state index < -0.39 is 14.8 Å². The lowest BCUT2D eigenvalue weighted by Crippen LogP contribution is -2.46. The van der Waals surface area contributed by atoms with Crippen molar-refractivity contribution in [2.75, 3.05) is 26.4 Å². The highest BCUT2D eigenvalue weighted by Gasteiger charge is 2.40. The van der Waals surface area contributed by atoms with Crippen molar-refractivity contribution in [2.24, 2.45) is 5.73 Å². The number of carbonyl (C=O) groups is 1. The molecule has 0 rings (SSSR count). The third-order valence-corrected chi connectivity index (χ3v) is 7.57. The Morgan fingerprint density at radius 3 is 1.57 bits per heavy atom. The van der Waals surface area contributed by atoms with Gasteiger partial charge in [-0.25, -0.2) is 4.79 Å². The van der Waals surface area contributed by atoms with Crippen molar-refractivity contribution in [1.29, 1.82) is 0 Å². The fourth-order valence-electron chi connectivity index (χ4n) is 2.94. The summed E-state index contributed by atoms with van der Waals surface area (Å²) in [6.45, 7) is 9.41. The van der Waals surface area contributed by atoms with Crippen LogP contribution in [-0.2, 0) is 13.3 Å². The summed E-state index contributed by atoms with van der Waals surface area (Å²) in [6.07, 6.45) is 13.2. The highest BCUT2D eigenvalue weighted by atomic mass is 28.4. The number of amides is 2. The predicted octanol–water partition coefficient (Wildman–Crippen LogP) is 5.38. The summed E-state index contributed by atoms with van der Waals surface area (Å²) in [7, 11) is -2.64. The highest BCUT2D eigenvalue weighted by molar-refractivity contribution is 6.60. The van der Waals surface area contributed by atoms with Crippen LogP contribution in [0.4, 0.5) is 4.79 Å². The molecule has 7 heteroatoms. The van der Waals surface area contributed by atoms with Crippen molar-refractivity contribution >= 4 is 14.8 Å². The van der Waals surface area contributed by atoms with Crippen LogP contribution < -0.4 is 11.1 Å². The second-order valence-electron chi connectivity index (χ2n) is 7.45. The molecule has 0 aromatic heterocycles. The Morgan fingerprint density at radius 2 is 1.18 bits per heavy atom. The zero-order valence-corrected chi connectivity index (χ0v) is 19.7. The molecule has 0 aromatic rings. The minimum Gasteiger partial charge on any atom is -0.373 e. The van der Waals surface area contributed by atoms with E-state index in [0.29, 0.717) is 6.54 Å². The van der Waals surface area contributed by atoms with Crippen LogP contribution in [0.15, 0.2) is 0 Å². The maximum atomic E-state index is 10.8. The number of nitrogens with one attached hydrogen (secondary N) is 1. The van der Waals surface area contributed by atoms with Crippen LogP contribution in [0.3, 0.4) is 0 Å². The topological polar surface area (TPSA) is 82.8 Å². The number of rotatable bonds is 21. The van der Waals surface area contributed by atoms with Crippen molar-refractivity contribution in [3.63, 3.8) is 0 Å². The van der Waals surface area contributed by atoms with Crippen molar-refractivity contribution in [3.05, 3.63) is 0 Å². The Morgan fingerprint density at radius 1 is 0.714 bits per heavy atom. The van der Waals surface area contributed by atoms with E-state index in [1.165, 1.54) is 38.5 Å². The molecule has 0 bridgehead atoms. The molecule has 6 nitrogen and oxygen atoms in total. The van der Waals surface area contributed by atoms with Crippen LogP contribution in [0.25, 0.3) is 0 Å². The summed E-state index contributed by atoms with van der Waals surface area (Å²) in [6, 6.07) is 0.398. The van der Waals surface area contributed by atoms with E-state index in [-0.39, 0.29) is 0 Å². The maximum Gasteiger partial charge on any atom is 0.500 e. The summed E-state index contributed by atoms with van der Waals surface area (Å²) in [5.41, 5.74) is 5.11. The molecule has 0 aliphatic rings. The summed E-state index contributed by atoms with van der Waals surface area (Å²) in [4.78, 5) is 10.8. The van der Waals surface area contributed by atoms with Gasteiger partial charge in [0.15, 0.2) is 0 Å². The van der Waals surface area contributed by atoms with Gasteiger partial charge in [-0.05, 0) is 32.1 Å². The Kier molecular flexibility index (Phi) is 19.2. The fourth-order valence-corrected chi connectivity index (χ4v) is 5.67. The zero-order valence-electron chi connectivity index (χ0n) is 18.7. The van der Waals surface area contributed by atoms with Gasteiger partial charge in [-0.15, -0.1) is 0 Å². The number of hydrogen-bond donors (Lipinski definition) is 2. The first-order valence-electron chi connectivity index (χ1n) is 11.5. The van der Waals surface area contributed by atoms with Gasteiger partial charge >= 0.3 is 14.8 Å². The van der Waals surface area contributed by atoms with E-state index in [1.807, 2.05) is 0 Å². The molecule has 0 radical (unpaired) electrons. The summed E-state index contributed by atoms with van der Waals surface area (Å²) < 4.78 is 19.0. The first-order valence-corrected chi connectivity index (χ1v) is 13.5. The zero-order chi connectivity index (χ0) is 20.9. The summed E-state index contributed by atoms with van der Waals surface area (Å²) in [5.74, 6) is 0. The second kappa shape index (κ2) is 19.7. The maximum absolute atomic E-state index is 10.8. The van der Waals surface area contributed by atoms with Gasteiger partial charge in [-0.3, -0.25) is 0 Å². The smallest absolute Gasteiger partial charge is 0.373 e. The molecule has 0 aliphatic heterocycles. The van der Waals surface area contributed by atoms with Crippen LogP contribution >= 0.6 is 0 Å². The average molecular weight is 419 g/mol. The number of primary amides is 1. The molecule has 0 heterocycles. The van der Waals surface area contributed by atoms with Crippen molar-refractivity contribution in [1.82, 2.24) is 5.32 Å². The van der Waals surface area contributed by atoms with Crippen molar-refractivity contribution < 1.29 is 18.1 Å². The van der Waals surface area contributed by atoms with E-state index >= 15 is 0 Å². The van der Waals surface area contributed by atoms with Crippen LogP contribution in [0, 0.1) is 0 Å². The molecule has 0 fully saturated rings. The number of urea groups is 1.